The molecule has 2 aromatic heterocycles. The van der Waals surface area contributed by atoms with Gasteiger partial charge in [-0.15, -0.1) is 11.3 Å². The molecule has 10 nitrogen and oxygen atoms in total. The topological polar surface area (TPSA) is 120 Å². The normalized spacial score (nSPS) is 15.0. The molecule has 1 aliphatic heterocycles. The van der Waals surface area contributed by atoms with Crippen molar-refractivity contribution in [3.8, 4) is 11.4 Å². The third-order valence-corrected chi connectivity index (χ3v) is 7.19. The van der Waals surface area contributed by atoms with Gasteiger partial charge in [0.1, 0.15) is 16.6 Å². The number of esters is 1. The molecule has 4 aromatic rings. The van der Waals surface area contributed by atoms with E-state index < -0.39 is 29.2 Å². The molecule has 200 valence electrons. The van der Waals surface area contributed by atoms with Crippen LogP contribution < -0.4 is 20.5 Å². The van der Waals surface area contributed by atoms with Crippen LogP contribution in [0.1, 0.15) is 23.8 Å². The molecule has 0 aliphatic carbocycles. The van der Waals surface area contributed by atoms with Crippen molar-refractivity contribution in [2.45, 2.75) is 13.3 Å². The third kappa shape index (κ3) is 4.98. The Labute approximate surface area is 225 Å². The third-order valence-electron chi connectivity index (χ3n) is 6.29. The molecule has 0 bridgehead atoms. The zero-order chi connectivity index (χ0) is 27.7. The van der Waals surface area contributed by atoms with E-state index in [0.29, 0.717) is 17.1 Å². The lowest BCUT2D eigenvalue weighted by Gasteiger charge is -2.16. The highest BCUT2D eigenvalue weighted by molar-refractivity contribution is 7.16. The van der Waals surface area contributed by atoms with Crippen LogP contribution in [0.4, 0.5) is 15.1 Å². The molecular formula is C27H23FN4O6S. The number of nitrogens with one attached hydrogen (secondary N) is 1. The van der Waals surface area contributed by atoms with Crippen LogP contribution in [0.25, 0.3) is 16.5 Å². The summed E-state index contributed by atoms with van der Waals surface area (Å²) in [6.45, 7) is 1.86. The summed E-state index contributed by atoms with van der Waals surface area (Å²) >= 11 is 1.07. The quantitative estimate of drug-likeness (QED) is 0.348. The fraction of sp³-hybridized carbons (Fsp3) is 0.222. The number of halogens is 1. The standard InChI is InChI=1S/C27H23FN4O6S/c1-3-38-27(36)23-20-14-39-25(22(20)26(35)32(30-23)18-5-4-6-19(12-18)37-2)29-24(34)15-11-21(33)31(13-15)17-9-7-16(28)8-10-17/h4-10,12,14-15H,3,11,13H2,1-2H3,(H,29,34). The molecule has 0 spiro atoms. The monoisotopic (exact) mass is 550 g/mol. The maximum Gasteiger partial charge on any atom is 0.359 e. The summed E-state index contributed by atoms with van der Waals surface area (Å²) in [7, 11) is 1.49. The Hall–Kier alpha value is -4.58. The summed E-state index contributed by atoms with van der Waals surface area (Å²) in [5.41, 5.74) is 0.207. The summed E-state index contributed by atoms with van der Waals surface area (Å²) in [6, 6.07) is 12.1. The van der Waals surface area contributed by atoms with Crippen LogP contribution in [0.5, 0.6) is 5.75 Å². The first-order valence-electron chi connectivity index (χ1n) is 12.0. The molecule has 2 aromatic carbocycles. The van der Waals surface area contributed by atoms with Crippen LogP contribution in [-0.2, 0) is 14.3 Å². The number of nitrogens with zero attached hydrogens (tertiary/aromatic N) is 3. The number of thiophene rings is 1. The highest BCUT2D eigenvalue weighted by atomic mass is 32.1. The number of methoxy groups -OCH3 is 1. The molecule has 1 aliphatic rings. The number of amides is 2. The number of hydrogen-bond acceptors (Lipinski definition) is 8. The van der Waals surface area contributed by atoms with E-state index in [4.69, 9.17) is 9.47 Å². The lowest BCUT2D eigenvalue weighted by Crippen LogP contribution is -2.29. The van der Waals surface area contributed by atoms with E-state index in [-0.39, 0.29) is 46.9 Å². The van der Waals surface area contributed by atoms with Crippen LogP contribution in [0, 0.1) is 11.7 Å². The fourth-order valence-electron chi connectivity index (χ4n) is 4.38. The number of fused-ring (bicyclic) bond motifs is 1. The van der Waals surface area contributed by atoms with E-state index >= 15 is 0 Å². The smallest absolute Gasteiger partial charge is 0.359 e. The Kier molecular flexibility index (Phi) is 7.11. The van der Waals surface area contributed by atoms with E-state index in [2.05, 4.69) is 10.4 Å². The van der Waals surface area contributed by atoms with E-state index in [0.717, 1.165) is 16.0 Å². The van der Waals surface area contributed by atoms with Crippen LogP contribution in [-0.4, -0.2) is 47.8 Å². The molecule has 1 atom stereocenters. The molecule has 0 saturated carbocycles. The number of hydrogen-bond donors (Lipinski definition) is 1. The minimum Gasteiger partial charge on any atom is -0.497 e. The largest absolute Gasteiger partial charge is 0.497 e. The van der Waals surface area contributed by atoms with Crippen LogP contribution >= 0.6 is 11.3 Å². The summed E-state index contributed by atoms with van der Waals surface area (Å²) in [6.07, 6.45) is -0.0454. The predicted molar refractivity (Wildman–Crippen MR) is 143 cm³/mol. The van der Waals surface area contributed by atoms with Gasteiger partial charge in [-0.05, 0) is 43.3 Å². The average Bonchev–Trinajstić information content (AvgIpc) is 3.53. The number of rotatable bonds is 7. The predicted octanol–water partition coefficient (Wildman–Crippen LogP) is 3.76. The highest BCUT2D eigenvalue weighted by Crippen LogP contribution is 2.33. The molecule has 1 saturated heterocycles. The number of benzene rings is 2. The molecule has 0 radical (unpaired) electrons. The average molecular weight is 551 g/mol. The first kappa shape index (κ1) is 26.0. The van der Waals surface area contributed by atoms with Gasteiger partial charge in [0.25, 0.3) is 5.56 Å². The Morgan fingerprint density at radius 2 is 1.92 bits per heavy atom. The van der Waals surface area contributed by atoms with E-state index in [9.17, 15) is 23.6 Å². The molecule has 3 heterocycles. The van der Waals surface area contributed by atoms with Crippen molar-refractivity contribution in [2.24, 2.45) is 5.92 Å². The summed E-state index contributed by atoms with van der Waals surface area (Å²) in [5.74, 6) is -2.10. The molecule has 2 amide bonds. The first-order valence-corrected chi connectivity index (χ1v) is 12.9. The molecule has 5 rings (SSSR count). The van der Waals surface area contributed by atoms with E-state index in [1.807, 2.05) is 0 Å². The van der Waals surface area contributed by atoms with Gasteiger partial charge in [0.2, 0.25) is 11.8 Å². The molecule has 39 heavy (non-hydrogen) atoms. The number of carbonyl (C=O) groups is 3. The number of anilines is 2. The molecule has 1 fully saturated rings. The minimum absolute atomic E-state index is 0.0454. The van der Waals surface area contributed by atoms with Gasteiger partial charge >= 0.3 is 5.97 Å². The molecular weight excluding hydrogens is 527 g/mol. The second kappa shape index (κ2) is 10.7. The van der Waals surface area contributed by atoms with Gasteiger partial charge < -0.3 is 19.7 Å². The summed E-state index contributed by atoms with van der Waals surface area (Å²) in [4.78, 5) is 53.7. The van der Waals surface area contributed by atoms with E-state index in [1.165, 1.54) is 36.3 Å². The lowest BCUT2D eigenvalue weighted by atomic mass is 10.1. The molecule has 1 unspecified atom stereocenters. The van der Waals surface area contributed by atoms with Crippen LogP contribution in [0.3, 0.4) is 0 Å². The van der Waals surface area contributed by atoms with E-state index in [1.54, 1.807) is 36.6 Å². The van der Waals surface area contributed by atoms with Crippen molar-refractivity contribution in [1.82, 2.24) is 9.78 Å². The number of ether oxygens (including phenoxy) is 2. The van der Waals surface area contributed by atoms with Gasteiger partial charge in [-0.1, -0.05) is 6.07 Å². The van der Waals surface area contributed by atoms with Crippen molar-refractivity contribution in [2.75, 3.05) is 30.5 Å². The van der Waals surface area contributed by atoms with Crippen molar-refractivity contribution in [3.05, 3.63) is 75.8 Å². The van der Waals surface area contributed by atoms with Crippen LogP contribution in [0.2, 0.25) is 0 Å². The van der Waals surface area contributed by atoms with Gasteiger partial charge in [0.15, 0.2) is 5.69 Å². The minimum atomic E-state index is -0.717. The first-order chi connectivity index (χ1) is 18.8. The Morgan fingerprint density at radius 3 is 2.64 bits per heavy atom. The second-order valence-electron chi connectivity index (χ2n) is 8.71. The summed E-state index contributed by atoms with van der Waals surface area (Å²) < 4.78 is 24.8. The fourth-order valence-corrected chi connectivity index (χ4v) is 5.32. The van der Waals surface area contributed by atoms with Gasteiger partial charge in [-0.2, -0.15) is 9.78 Å². The summed E-state index contributed by atoms with van der Waals surface area (Å²) in [5, 5.41) is 9.17. The van der Waals surface area contributed by atoms with Crippen molar-refractivity contribution in [1.29, 1.82) is 0 Å². The number of carbonyl (C=O) groups excluding carboxylic acids is 3. The highest BCUT2D eigenvalue weighted by Gasteiger charge is 2.36. The van der Waals surface area contributed by atoms with Gasteiger partial charge in [0.05, 0.1) is 30.7 Å². The SMILES string of the molecule is CCOC(=O)c1nn(-c2cccc(OC)c2)c(=O)c2c(NC(=O)C3CC(=O)N(c4ccc(F)cc4)C3)scc12. The zero-order valence-corrected chi connectivity index (χ0v) is 21.8. The second-order valence-corrected chi connectivity index (χ2v) is 9.59. The number of aromatic nitrogens is 2. The Bertz CT molecular complexity index is 1650. The van der Waals surface area contributed by atoms with Crippen LogP contribution in [0.15, 0.2) is 58.7 Å². The van der Waals surface area contributed by atoms with Gasteiger partial charge in [-0.25, -0.2) is 9.18 Å². The Morgan fingerprint density at radius 1 is 1.15 bits per heavy atom. The van der Waals surface area contributed by atoms with Gasteiger partial charge in [0, 0.05) is 35.5 Å². The maximum absolute atomic E-state index is 13.6. The zero-order valence-electron chi connectivity index (χ0n) is 21.0. The maximum atomic E-state index is 13.6. The lowest BCUT2D eigenvalue weighted by molar-refractivity contribution is -0.122. The van der Waals surface area contributed by atoms with Crippen molar-refractivity contribution >= 4 is 50.6 Å². The molecule has 12 heteroatoms. The van der Waals surface area contributed by atoms with Crippen molar-refractivity contribution in [3.63, 3.8) is 0 Å². The van der Waals surface area contributed by atoms with Crippen molar-refractivity contribution < 1.29 is 28.2 Å². The molecule has 1 N–H and O–H groups in total. The van der Waals surface area contributed by atoms with Gasteiger partial charge in [-0.3, -0.25) is 14.4 Å². The Balaban J connectivity index is 1.51.